The van der Waals surface area contributed by atoms with Crippen LogP contribution in [0.15, 0.2) is 24.8 Å². The minimum atomic E-state index is 0.225. The topological polar surface area (TPSA) is 0 Å². The number of benzene rings is 1. The van der Waals surface area contributed by atoms with Crippen molar-refractivity contribution in [2.24, 2.45) is 0 Å². The lowest BCUT2D eigenvalue weighted by Gasteiger charge is -2.22. The van der Waals surface area contributed by atoms with E-state index in [0.29, 0.717) is 0 Å². The van der Waals surface area contributed by atoms with Crippen molar-refractivity contribution in [2.45, 2.75) is 33.1 Å². The average Bonchev–Trinajstić information content (AvgIpc) is 2.03. The Morgan fingerprint density at radius 2 is 1.85 bits per heavy atom. The van der Waals surface area contributed by atoms with E-state index in [4.69, 9.17) is 0 Å². The summed E-state index contributed by atoms with van der Waals surface area (Å²) < 4.78 is 0. The van der Waals surface area contributed by atoms with E-state index in [1.807, 2.05) is 6.08 Å². The maximum absolute atomic E-state index is 3.78. The molecule has 70 valence electrons. The van der Waals surface area contributed by atoms with Crippen LogP contribution in [0.25, 0.3) is 6.08 Å². The summed E-state index contributed by atoms with van der Waals surface area (Å²) in [6, 6.07) is 6.50. The predicted octanol–water partition coefficient (Wildman–Crippen LogP) is 3.94. The molecule has 0 bridgehead atoms. The lowest BCUT2D eigenvalue weighted by molar-refractivity contribution is 0.586. The van der Waals surface area contributed by atoms with Gasteiger partial charge in [0.05, 0.1) is 0 Å². The van der Waals surface area contributed by atoms with E-state index in [9.17, 15) is 0 Å². The maximum atomic E-state index is 3.78. The van der Waals surface area contributed by atoms with Crippen LogP contribution >= 0.6 is 0 Å². The fraction of sp³-hybridized carbons (Fsp3) is 0.385. The first-order chi connectivity index (χ1) is 5.95. The Labute approximate surface area is 81.3 Å². The second-order valence-electron chi connectivity index (χ2n) is 4.53. The molecule has 0 amide bonds. The van der Waals surface area contributed by atoms with E-state index in [1.165, 1.54) is 16.7 Å². The summed E-state index contributed by atoms with van der Waals surface area (Å²) in [5.74, 6) is 0. The summed E-state index contributed by atoms with van der Waals surface area (Å²) in [5, 5.41) is 0. The summed E-state index contributed by atoms with van der Waals surface area (Å²) in [5.41, 5.74) is 4.20. The molecule has 0 aliphatic rings. The number of rotatable bonds is 1. The third-order valence-corrected chi connectivity index (χ3v) is 2.31. The second-order valence-corrected chi connectivity index (χ2v) is 4.53. The molecule has 0 radical (unpaired) electrons. The lowest BCUT2D eigenvalue weighted by atomic mass is 9.83. The summed E-state index contributed by atoms with van der Waals surface area (Å²) in [7, 11) is 0. The van der Waals surface area contributed by atoms with Gasteiger partial charge in [-0.1, -0.05) is 51.6 Å². The Bertz CT molecular complexity index is 313. The Kier molecular flexibility index (Phi) is 2.60. The fourth-order valence-corrected chi connectivity index (χ4v) is 1.57. The van der Waals surface area contributed by atoms with Gasteiger partial charge in [-0.3, -0.25) is 0 Å². The van der Waals surface area contributed by atoms with Crippen molar-refractivity contribution >= 4 is 6.08 Å². The van der Waals surface area contributed by atoms with E-state index in [-0.39, 0.29) is 5.41 Å². The fourth-order valence-electron chi connectivity index (χ4n) is 1.57. The molecule has 0 N–H and O–H groups in total. The largest absolute Gasteiger partial charge is 0.0985 e. The van der Waals surface area contributed by atoms with Crippen molar-refractivity contribution < 1.29 is 0 Å². The first kappa shape index (κ1) is 10.0. The quantitative estimate of drug-likeness (QED) is 0.605. The highest BCUT2D eigenvalue weighted by Crippen LogP contribution is 2.26. The highest BCUT2D eigenvalue weighted by atomic mass is 14.2. The molecule has 0 aliphatic heterocycles. The van der Waals surface area contributed by atoms with Crippen LogP contribution in [-0.4, -0.2) is 0 Å². The SMILES string of the molecule is C=Cc1ccc(C)c(C(C)(C)C)c1. The number of aryl methyl sites for hydroxylation is 1. The van der Waals surface area contributed by atoms with Gasteiger partial charge in [0.1, 0.15) is 0 Å². The van der Waals surface area contributed by atoms with Gasteiger partial charge in [-0.25, -0.2) is 0 Å². The van der Waals surface area contributed by atoms with E-state index < -0.39 is 0 Å². The van der Waals surface area contributed by atoms with E-state index >= 15 is 0 Å². The molecule has 0 heterocycles. The van der Waals surface area contributed by atoms with Crippen LogP contribution in [0.1, 0.15) is 37.5 Å². The third-order valence-electron chi connectivity index (χ3n) is 2.31. The van der Waals surface area contributed by atoms with Crippen LogP contribution in [0, 0.1) is 6.92 Å². The first-order valence-corrected chi connectivity index (χ1v) is 4.68. The van der Waals surface area contributed by atoms with Crippen LogP contribution < -0.4 is 0 Å². The van der Waals surface area contributed by atoms with Gasteiger partial charge >= 0.3 is 0 Å². The molecule has 0 saturated heterocycles. The molecule has 13 heavy (non-hydrogen) atoms. The predicted molar refractivity (Wildman–Crippen MR) is 60.0 cm³/mol. The summed E-state index contributed by atoms with van der Waals surface area (Å²) in [4.78, 5) is 0. The highest BCUT2D eigenvalue weighted by molar-refractivity contribution is 5.51. The summed E-state index contributed by atoms with van der Waals surface area (Å²) in [6.07, 6.45) is 1.90. The minimum absolute atomic E-state index is 0.225. The normalized spacial score (nSPS) is 11.4. The number of hydrogen-bond donors (Lipinski definition) is 0. The van der Waals surface area contributed by atoms with Crippen molar-refractivity contribution in [3.8, 4) is 0 Å². The molecule has 1 aromatic carbocycles. The minimum Gasteiger partial charge on any atom is -0.0985 e. The van der Waals surface area contributed by atoms with Crippen molar-refractivity contribution in [1.82, 2.24) is 0 Å². The van der Waals surface area contributed by atoms with E-state index in [0.717, 1.165) is 0 Å². The Morgan fingerprint density at radius 3 is 2.31 bits per heavy atom. The number of hydrogen-bond acceptors (Lipinski definition) is 0. The van der Waals surface area contributed by atoms with Gasteiger partial charge in [0.25, 0.3) is 0 Å². The Hall–Kier alpha value is -1.04. The smallest absolute Gasteiger partial charge is 0.0129 e. The van der Waals surface area contributed by atoms with Crippen molar-refractivity contribution in [3.05, 3.63) is 41.5 Å². The molecule has 0 nitrogen and oxygen atoms in total. The first-order valence-electron chi connectivity index (χ1n) is 4.68. The van der Waals surface area contributed by atoms with Crippen LogP contribution in [0.4, 0.5) is 0 Å². The molecular formula is C13H18. The van der Waals surface area contributed by atoms with Gasteiger partial charge in [-0.2, -0.15) is 0 Å². The lowest BCUT2D eigenvalue weighted by Crippen LogP contribution is -2.13. The zero-order chi connectivity index (χ0) is 10.1. The molecule has 0 atom stereocenters. The van der Waals surface area contributed by atoms with E-state index in [2.05, 4.69) is 52.5 Å². The molecule has 0 aliphatic carbocycles. The van der Waals surface area contributed by atoms with Crippen LogP contribution in [-0.2, 0) is 5.41 Å². The highest BCUT2D eigenvalue weighted by Gasteiger charge is 2.15. The third kappa shape index (κ3) is 2.21. The van der Waals surface area contributed by atoms with Crippen LogP contribution in [0.3, 0.4) is 0 Å². The zero-order valence-corrected chi connectivity index (χ0v) is 9.02. The molecule has 1 aromatic rings. The van der Waals surface area contributed by atoms with Gasteiger partial charge in [0, 0.05) is 0 Å². The van der Waals surface area contributed by atoms with Crippen molar-refractivity contribution in [2.75, 3.05) is 0 Å². The molecular weight excluding hydrogens is 156 g/mol. The summed E-state index contributed by atoms with van der Waals surface area (Å²) >= 11 is 0. The molecule has 0 heteroatoms. The van der Waals surface area contributed by atoms with Crippen LogP contribution in [0.2, 0.25) is 0 Å². The summed E-state index contributed by atoms with van der Waals surface area (Å²) in [6.45, 7) is 12.7. The zero-order valence-electron chi connectivity index (χ0n) is 9.02. The molecule has 0 spiro atoms. The maximum Gasteiger partial charge on any atom is -0.0129 e. The van der Waals surface area contributed by atoms with Crippen molar-refractivity contribution in [3.63, 3.8) is 0 Å². The monoisotopic (exact) mass is 174 g/mol. The average molecular weight is 174 g/mol. The molecule has 0 fully saturated rings. The van der Waals surface area contributed by atoms with Gasteiger partial charge in [-0.05, 0) is 29.0 Å². The molecule has 0 unspecified atom stereocenters. The Morgan fingerprint density at radius 1 is 1.23 bits per heavy atom. The van der Waals surface area contributed by atoms with Gasteiger partial charge in [0.15, 0.2) is 0 Å². The van der Waals surface area contributed by atoms with Gasteiger partial charge < -0.3 is 0 Å². The Balaban J connectivity index is 3.27. The van der Waals surface area contributed by atoms with Crippen LogP contribution in [0.5, 0.6) is 0 Å². The molecule has 0 aromatic heterocycles. The van der Waals surface area contributed by atoms with E-state index in [1.54, 1.807) is 0 Å². The van der Waals surface area contributed by atoms with Crippen molar-refractivity contribution in [1.29, 1.82) is 0 Å². The second kappa shape index (κ2) is 3.37. The standard InChI is InChI=1S/C13H18/c1-6-11-8-7-10(2)12(9-11)13(3,4)5/h6-9H,1H2,2-5H3. The molecule has 1 rings (SSSR count). The van der Waals surface area contributed by atoms with Gasteiger partial charge in [0.2, 0.25) is 0 Å². The van der Waals surface area contributed by atoms with Gasteiger partial charge in [-0.15, -0.1) is 0 Å². The molecule has 0 saturated carbocycles.